The largest absolute Gasteiger partial charge is 0.271 e. The molecule has 92 valence electrons. The fourth-order valence-corrected chi connectivity index (χ4v) is 2.08. The third-order valence-corrected chi connectivity index (χ3v) is 2.95. The number of hydrazine groups is 1. The van der Waals surface area contributed by atoms with E-state index in [1.807, 2.05) is 4.68 Å². The first-order chi connectivity index (χ1) is 8.22. The van der Waals surface area contributed by atoms with Gasteiger partial charge in [-0.1, -0.05) is 0 Å². The Balaban J connectivity index is 2.16. The van der Waals surface area contributed by atoms with Crippen molar-refractivity contribution in [3.8, 4) is 0 Å². The SMILES string of the molecule is CC(C)n1ncnc1CC(NN)c1cnsn1. The summed E-state index contributed by atoms with van der Waals surface area (Å²) in [6.07, 6.45) is 3.91. The second-order valence-corrected chi connectivity index (χ2v) is 4.53. The van der Waals surface area contributed by atoms with Gasteiger partial charge in [0.05, 0.1) is 29.7 Å². The van der Waals surface area contributed by atoms with Gasteiger partial charge in [-0.3, -0.25) is 11.3 Å². The Kier molecular flexibility index (Phi) is 3.77. The van der Waals surface area contributed by atoms with E-state index in [9.17, 15) is 0 Å². The van der Waals surface area contributed by atoms with Crippen LogP contribution < -0.4 is 11.3 Å². The summed E-state index contributed by atoms with van der Waals surface area (Å²) < 4.78 is 10.0. The van der Waals surface area contributed by atoms with Crippen LogP contribution in [0.1, 0.15) is 37.4 Å². The van der Waals surface area contributed by atoms with Crippen molar-refractivity contribution in [1.82, 2.24) is 28.9 Å². The van der Waals surface area contributed by atoms with E-state index in [1.165, 1.54) is 11.7 Å². The number of hydrogen-bond donors (Lipinski definition) is 2. The van der Waals surface area contributed by atoms with Crippen LogP contribution in [0.3, 0.4) is 0 Å². The Labute approximate surface area is 103 Å². The molecule has 2 rings (SSSR count). The van der Waals surface area contributed by atoms with Gasteiger partial charge in [-0.25, -0.2) is 9.67 Å². The van der Waals surface area contributed by atoms with Crippen LogP contribution in [0.15, 0.2) is 12.5 Å². The second kappa shape index (κ2) is 5.30. The van der Waals surface area contributed by atoms with Gasteiger partial charge >= 0.3 is 0 Å². The van der Waals surface area contributed by atoms with Gasteiger partial charge in [-0.2, -0.15) is 13.8 Å². The molecule has 0 aliphatic carbocycles. The molecule has 0 aliphatic rings. The lowest BCUT2D eigenvalue weighted by atomic mass is 10.1. The minimum Gasteiger partial charge on any atom is -0.271 e. The fourth-order valence-electron chi connectivity index (χ4n) is 1.61. The van der Waals surface area contributed by atoms with Crippen LogP contribution in [0.2, 0.25) is 0 Å². The summed E-state index contributed by atoms with van der Waals surface area (Å²) in [6, 6.07) is 0.190. The smallest absolute Gasteiger partial charge is 0.138 e. The van der Waals surface area contributed by atoms with Gasteiger partial charge in [0.15, 0.2) is 0 Å². The average molecular weight is 253 g/mol. The first-order valence-electron chi connectivity index (χ1n) is 5.34. The zero-order valence-electron chi connectivity index (χ0n) is 9.74. The molecular weight excluding hydrogens is 238 g/mol. The lowest BCUT2D eigenvalue weighted by Gasteiger charge is -2.14. The Morgan fingerprint density at radius 2 is 2.35 bits per heavy atom. The van der Waals surface area contributed by atoms with Crippen LogP contribution in [0, 0.1) is 0 Å². The molecule has 8 heteroatoms. The van der Waals surface area contributed by atoms with Crippen LogP contribution in [-0.4, -0.2) is 23.5 Å². The molecule has 0 saturated heterocycles. The van der Waals surface area contributed by atoms with Gasteiger partial charge in [-0.15, -0.1) is 0 Å². The third kappa shape index (κ3) is 2.65. The summed E-state index contributed by atoms with van der Waals surface area (Å²) in [5.74, 6) is 6.42. The molecule has 17 heavy (non-hydrogen) atoms. The molecule has 2 aromatic rings. The van der Waals surface area contributed by atoms with E-state index in [2.05, 4.69) is 38.1 Å². The molecule has 0 saturated carbocycles. The van der Waals surface area contributed by atoms with E-state index < -0.39 is 0 Å². The zero-order chi connectivity index (χ0) is 12.3. The van der Waals surface area contributed by atoms with Gasteiger partial charge in [0.25, 0.3) is 0 Å². The summed E-state index contributed by atoms with van der Waals surface area (Å²) in [4.78, 5) is 4.25. The van der Waals surface area contributed by atoms with E-state index in [0.717, 1.165) is 11.5 Å². The Morgan fingerprint density at radius 1 is 1.53 bits per heavy atom. The summed E-state index contributed by atoms with van der Waals surface area (Å²) in [5.41, 5.74) is 3.56. The highest BCUT2D eigenvalue weighted by Gasteiger charge is 2.17. The van der Waals surface area contributed by atoms with E-state index in [4.69, 9.17) is 5.84 Å². The molecule has 2 heterocycles. The maximum Gasteiger partial charge on any atom is 0.138 e. The van der Waals surface area contributed by atoms with Crippen molar-refractivity contribution in [2.45, 2.75) is 32.4 Å². The van der Waals surface area contributed by atoms with Crippen molar-refractivity contribution in [3.63, 3.8) is 0 Å². The minimum absolute atomic E-state index is 0.0875. The van der Waals surface area contributed by atoms with Gasteiger partial charge in [-0.05, 0) is 13.8 Å². The summed E-state index contributed by atoms with van der Waals surface area (Å²) in [7, 11) is 0. The van der Waals surface area contributed by atoms with Crippen molar-refractivity contribution in [1.29, 1.82) is 0 Å². The van der Waals surface area contributed by atoms with Crippen LogP contribution in [0.4, 0.5) is 0 Å². The molecule has 0 fully saturated rings. The fraction of sp³-hybridized carbons (Fsp3) is 0.556. The van der Waals surface area contributed by atoms with Crippen molar-refractivity contribution in [2.75, 3.05) is 0 Å². The lowest BCUT2D eigenvalue weighted by molar-refractivity contribution is 0.465. The highest BCUT2D eigenvalue weighted by Crippen LogP contribution is 2.16. The quantitative estimate of drug-likeness (QED) is 0.593. The van der Waals surface area contributed by atoms with E-state index in [-0.39, 0.29) is 12.1 Å². The summed E-state index contributed by atoms with van der Waals surface area (Å²) in [5, 5.41) is 4.19. The molecule has 2 aromatic heterocycles. The number of hydrogen-bond acceptors (Lipinski definition) is 7. The van der Waals surface area contributed by atoms with Crippen LogP contribution >= 0.6 is 11.7 Å². The van der Waals surface area contributed by atoms with Gasteiger partial charge < -0.3 is 0 Å². The minimum atomic E-state index is -0.0875. The van der Waals surface area contributed by atoms with E-state index >= 15 is 0 Å². The number of rotatable bonds is 5. The highest BCUT2D eigenvalue weighted by atomic mass is 32.1. The number of aromatic nitrogens is 5. The first kappa shape index (κ1) is 12.1. The molecule has 0 radical (unpaired) electrons. The predicted octanol–water partition coefficient (Wildman–Crippen LogP) is 0.458. The second-order valence-electron chi connectivity index (χ2n) is 3.97. The molecule has 0 aliphatic heterocycles. The standard InChI is InChI=1S/C9H15N7S/c1-6(2)16-9(11-5-12-16)3-7(14-10)8-4-13-17-15-8/h4-7,14H,3,10H2,1-2H3. The molecule has 1 unspecified atom stereocenters. The normalized spacial score (nSPS) is 13.2. The molecule has 0 bridgehead atoms. The van der Waals surface area contributed by atoms with Crippen LogP contribution in [0.25, 0.3) is 0 Å². The average Bonchev–Trinajstić information content (AvgIpc) is 2.96. The Hall–Kier alpha value is -1.38. The molecule has 0 spiro atoms. The lowest BCUT2D eigenvalue weighted by Crippen LogP contribution is -2.30. The van der Waals surface area contributed by atoms with Crippen molar-refractivity contribution >= 4 is 11.7 Å². The first-order valence-corrected chi connectivity index (χ1v) is 6.07. The molecule has 0 amide bonds. The summed E-state index contributed by atoms with van der Waals surface area (Å²) in [6.45, 7) is 4.13. The number of nitrogens with two attached hydrogens (primary N) is 1. The zero-order valence-corrected chi connectivity index (χ0v) is 10.6. The van der Waals surface area contributed by atoms with Gasteiger partial charge in [0, 0.05) is 12.5 Å². The summed E-state index contributed by atoms with van der Waals surface area (Å²) >= 11 is 1.17. The Bertz CT molecular complexity index is 450. The topological polar surface area (TPSA) is 94.5 Å². The van der Waals surface area contributed by atoms with Gasteiger partial charge in [0.2, 0.25) is 0 Å². The van der Waals surface area contributed by atoms with Crippen molar-refractivity contribution in [2.24, 2.45) is 5.84 Å². The highest BCUT2D eigenvalue weighted by molar-refractivity contribution is 6.99. The van der Waals surface area contributed by atoms with Gasteiger partial charge in [0.1, 0.15) is 12.2 Å². The molecule has 7 nitrogen and oxygen atoms in total. The Morgan fingerprint density at radius 3 is 2.94 bits per heavy atom. The molecule has 3 N–H and O–H groups in total. The van der Waals surface area contributed by atoms with Crippen molar-refractivity contribution < 1.29 is 0 Å². The van der Waals surface area contributed by atoms with Crippen LogP contribution in [-0.2, 0) is 6.42 Å². The molecular formula is C9H15N7S. The van der Waals surface area contributed by atoms with Crippen molar-refractivity contribution in [3.05, 3.63) is 24.0 Å². The number of nitrogens with zero attached hydrogens (tertiary/aromatic N) is 5. The monoisotopic (exact) mass is 253 g/mol. The molecule has 1 atom stereocenters. The van der Waals surface area contributed by atoms with E-state index in [1.54, 1.807) is 12.5 Å². The molecule has 0 aromatic carbocycles. The van der Waals surface area contributed by atoms with E-state index in [0.29, 0.717) is 6.42 Å². The van der Waals surface area contributed by atoms with Crippen LogP contribution in [0.5, 0.6) is 0 Å². The maximum atomic E-state index is 5.54. The number of nitrogens with one attached hydrogen (secondary N) is 1. The predicted molar refractivity (Wildman–Crippen MR) is 64.1 cm³/mol. The third-order valence-electron chi connectivity index (χ3n) is 2.46. The maximum absolute atomic E-state index is 5.54.